The summed E-state index contributed by atoms with van der Waals surface area (Å²) in [6.45, 7) is 1.43. The minimum absolute atomic E-state index is 0.0281. The SMILES string of the molecule is Nc1ccc2c(c1)CCCC2NC(=O)CCC(=O)N1CCc2sccc2C1. The van der Waals surface area contributed by atoms with Crippen molar-refractivity contribution in [2.45, 2.75) is 51.1 Å². The van der Waals surface area contributed by atoms with Gasteiger partial charge in [0.1, 0.15) is 0 Å². The molecule has 2 aromatic rings. The first kappa shape index (κ1) is 18.0. The minimum Gasteiger partial charge on any atom is -0.399 e. The molecule has 0 spiro atoms. The Labute approximate surface area is 163 Å². The number of thiophene rings is 1. The second kappa shape index (κ2) is 7.72. The number of nitrogen functional groups attached to an aromatic ring is 1. The Morgan fingerprint density at radius 2 is 2.07 bits per heavy atom. The topological polar surface area (TPSA) is 75.4 Å². The summed E-state index contributed by atoms with van der Waals surface area (Å²) in [5, 5.41) is 5.20. The van der Waals surface area contributed by atoms with E-state index in [4.69, 9.17) is 5.73 Å². The first-order chi connectivity index (χ1) is 13.1. The molecule has 2 aliphatic rings. The van der Waals surface area contributed by atoms with E-state index in [1.54, 1.807) is 11.3 Å². The number of nitrogens with two attached hydrogens (primary N) is 1. The van der Waals surface area contributed by atoms with Crippen LogP contribution in [0.4, 0.5) is 5.69 Å². The maximum Gasteiger partial charge on any atom is 0.223 e. The molecular formula is C21H25N3O2S. The van der Waals surface area contributed by atoms with Crippen molar-refractivity contribution in [3.8, 4) is 0 Å². The fourth-order valence-electron chi connectivity index (χ4n) is 4.09. The fourth-order valence-corrected chi connectivity index (χ4v) is 4.98. The Bertz CT molecular complexity index is 861. The second-order valence-electron chi connectivity index (χ2n) is 7.40. The highest BCUT2D eigenvalue weighted by Crippen LogP contribution is 2.31. The van der Waals surface area contributed by atoms with E-state index in [0.717, 1.165) is 43.5 Å². The van der Waals surface area contributed by atoms with Gasteiger partial charge in [-0.3, -0.25) is 9.59 Å². The van der Waals surface area contributed by atoms with Gasteiger partial charge in [0.05, 0.1) is 6.04 Å². The Morgan fingerprint density at radius 3 is 2.96 bits per heavy atom. The Morgan fingerprint density at radius 1 is 1.19 bits per heavy atom. The normalized spacial score (nSPS) is 18.5. The zero-order valence-corrected chi connectivity index (χ0v) is 16.2. The number of hydrogen-bond donors (Lipinski definition) is 2. The summed E-state index contributed by atoms with van der Waals surface area (Å²) in [4.78, 5) is 28.2. The molecule has 1 atom stereocenters. The summed E-state index contributed by atoms with van der Waals surface area (Å²) in [6.07, 6.45) is 4.41. The van der Waals surface area contributed by atoms with Crippen LogP contribution in [0.2, 0.25) is 0 Å². The molecule has 0 saturated heterocycles. The van der Waals surface area contributed by atoms with Gasteiger partial charge in [-0.15, -0.1) is 11.3 Å². The van der Waals surface area contributed by atoms with Crippen molar-refractivity contribution in [2.75, 3.05) is 12.3 Å². The van der Waals surface area contributed by atoms with Crippen LogP contribution in [0.5, 0.6) is 0 Å². The third-order valence-electron chi connectivity index (χ3n) is 5.54. The number of benzene rings is 1. The first-order valence-corrected chi connectivity index (χ1v) is 10.5. The molecule has 1 unspecified atom stereocenters. The van der Waals surface area contributed by atoms with E-state index in [9.17, 15) is 9.59 Å². The van der Waals surface area contributed by atoms with Crippen LogP contribution in [0.3, 0.4) is 0 Å². The third kappa shape index (κ3) is 4.00. The van der Waals surface area contributed by atoms with Crippen molar-refractivity contribution in [3.05, 3.63) is 51.2 Å². The number of hydrogen-bond acceptors (Lipinski definition) is 4. The number of amides is 2. The van der Waals surface area contributed by atoms with Crippen LogP contribution in [0.15, 0.2) is 29.6 Å². The highest BCUT2D eigenvalue weighted by Gasteiger charge is 2.24. The summed E-state index contributed by atoms with van der Waals surface area (Å²) >= 11 is 1.76. The molecule has 27 heavy (non-hydrogen) atoms. The van der Waals surface area contributed by atoms with Crippen molar-refractivity contribution in [2.24, 2.45) is 0 Å². The van der Waals surface area contributed by atoms with Crippen LogP contribution in [0.1, 0.15) is 53.3 Å². The van der Waals surface area contributed by atoms with Gasteiger partial charge in [-0.05, 0) is 66.0 Å². The zero-order chi connectivity index (χ0) is 18.8. The number of carbonyl (C=O) groups excluding carboxylic acids is 2. The molecule has 2 amide bonds. The van der Waals surface area contributed by atoms with Crippen LogP contribution in [-0.2, 0) is 29.0 Å². The summed E-state index contributed by atoms with van der Waals surface area (Å²) < 4.78 is 0. The van der Waals surface area contributed by atoms with E-state index in [-0.39, 0.29) is 30.7 Å². The Balaban J connectivity index is 1.30. The van der Waals surface area contributed by atoms with Gasteiger partial charge in [-0.1, -0.05) is 6.07 Å². The van der Waals surface area contributed by atoms with Gasteiger partial charge >= 0.3 is 0 Å². The summed E-state index contributed by atoms with van der Waals surface area (Å²) in [7, 11) is 0. The summed E-state index contributed by atoms with van der Waals surface area (Å²) in [5.41, 5.74) is 10.3. The Kier molecular flexibility index (Phi) is 5.16. The van der Waals surface area contributed by atoms with E-state index in [1.807, 2.05) is 23.1 Å². The predicted octanol–water partition coefficient (Wildman–Crippen LogP) is 3.19. The highest BCUT2D eigenvalue weighted by molar-refractivity contribution is 7.10. The lowest BCUT2D eigenvalue weighted by Crippen LogP contribution is -2.36. The van der Waals surface area contributed by atoms with Gasteiger partial charge in [0, 0.05) is 36.5 Å². The van der Waals surface area contributed by atoms with E-state index in [2.05, 4.69) is 16.8 Å². The molecule has 2 heterocycles. The minimum atomic E-state index is -0.0498. The highest BCUT2D eigenvalue weighted by atomic mass is 32.1. The molecule has 6 heteroatoms. The molecule has 0 bridgehead atoms. The van der Waals surface area contributed by atoms with Gasteiger partial charge in [0.2, 0.25) is 11.8 Å². The molecule has 1 aromatic heterocycles. The molecular weight excluding hydrogens is 358 g/mol. The average molecular weight is 384 g/mol. The molecule has 5 nitrogen and oxygen atoms in total. The van der Waals surface area contributed by atoms with Crippen molar-refractivity contribution < 1.29 is 9.59 Å². The average Bonchev–Trinajstić information content (AvgIpc) is 3.14. The van der Waals surface area contributed by atoms with Gasteiger partial charge in [-0.2, -0.15) is 0 Å². The third-order valence-corrected chi connectivity index (χ3v) is 6.57. The number of fused-ring (bicyclic) bond motifs is 2. The van der Waals surface area contributed by atoms with Gasteiger partial charge in [-0.25, -0.2) is 0 Å². The predicted molar refractivity (Wildman–Crippen MR) is 107 cm³/mol. The van der Waals surface area contributed by atoms with Crippen molar-refractivity contribution in [1.29, 1.82) is 0 Å². The molecule has 0 saturated carbocycles. The summed E-state index contributed by atoms with van der Waals surface area (Å²) in [5.74, 6) is 0.0186. The number of carbonyl (C=O) groups is 2. The van der Waals surface area contributed by atoms with Crippen LogP contribution >= 0.6 is 11.3 Å². The number of rotatable bonds is 4. The Hall–Kier alpha value is -2.34. The van der Waals surface area contributed by atoms with Crippen LogP contribution < -0.4 is 11.1 Å². The molecule has 1 aliphatic carbocycles. The lowest BCUT2D eigenvalue weighted by atomic mass is 9.87. The molecule has 4 rings (SSSR count). The lowest BCUT2D eigenvalue weighted by Gasteiger charge is -2.28. The van der Waals surface area contributed by atoms with Gasteiger partial charge in [0.15, 0.2) is 0 Å². The number of nitrogens with one attached hydrogen (secondary N) is 1. The maximum atomic E-state index is 12.5. The van der Waals surface area contributed by atoms with Crippen LogP contribution in [0, 0.1) is 0 Å². The van der Waals surface area contributed by atoms with E-state index < -0.39 is 0 Å². The molecule has 0 fully saturated rings. The van der Waals surface area contributed by atoms with E-state index in [1.165, 1.54) is 16.0 Å². The largest absolute Gasteiger partial charge is 0.399 e. The smallest absolute Gasteiger partial charge is 0.223 e. The van der Waals surface area contributed by atoms with Gasteiger partial charge < -0.3 is 16.0 Å². The lowest BCUT2D eigenvalue weighted by molar-refractivity contribution is -0.134. The van der Waals surface area contributed by atoms with Crippen LogP contribution in [-0.4, -0.2) is 23.3 Å². The number of aryl methyl sites for hydroxylation is 1. The van der Waals surface area contributed by atoms with Gasteiger partial charge in [0.25, 0.3) is 0 Å². The van der Waals surface area contributed by atoms with Crippen molar-refractivity contribution in [1.82, 2.24) is 10.2 Å². The molecule has 1 aromatic carbocycles. The maximum absolute atomic E-state index is 12.5. The second-order valence-corrected chi connectivity index (χ2v) is 8.41. The zero-order valence-electron chi connectivity index (χ0n) is 15.4. The monoisotopic (exact) mass is 383 g/mol. The first-order valence-electron chi connectivity index (χ1n) is 9.61. The standard InChI is InChI=1S/C21H25N3O2S/c22-16-4-5-17-14(12-16)2-1-3-18(17)23-20(25)6-7-21(26)24-10-8-19-15(13-24)9-11-27-19/h4-5,9,11-12,18H,1-3,6-8,10,13,22H2,(H,23,25). The molecule has 3 N–H and O–H groups in total. The molecule has 0 radical (unpaired) electrons. The number of nitrogens with zero attached hydrogens (tertiary/aromatic N) is 1. The van der Waals surface area contributed by atoms with E-state index in [0.29, 0.717) is 6.54 Å². The molecule has 1 aliphatic heterocycles. The fraction of sp³-hybridized carbons (Fsp3) is 0.429. The number of anilines is 1. The van der Waals surface area contributed by atoms with Crippen LogP contribution in [0.25, 0.3) is 0 Å². The summed E-state index contributed by atoms with van der Waals surface area (Å²) in [6, 6.07) is 8.04. The molecule has 142 valence electrons. The van der Waals surface area contributed by atoms with E-state index >= 15 is 0 Å². The van der Waals surface area contributed by atoms with Crippen molar-refractivity contribution >= 4 is 28.8 Å². The quantitative estimate of drug-likeness (QED) is 0.796. The van der Waals surface area contributed by atoms with Crippen molar-refractivity contribution in [3.63, 3.8) is 0 Å².